The minimum absolute atomic E-state index is 0.120. The smallest absolute Gasteiger partial charge is 0.251 e. The van der Waals surface area contributed by atoms with Crippen LogP contribution in [0.25, 0.3) is 0 Å². The number of nitrogens with one attached hydrogen (secondary N) is 1. The monoisotopic (exact) mass is 183 g/mol. The lowest BCUT2D eigenvalue weighted by molar-refractivity contribution is -0.120. The van der Waals surface area contributed by atoms with Gasteiger partial charge in [-0.2, -0.15) is 4.99 Å². The van der Waals surface area contributed by atoms with Gasteiger partial charge >= 0.3 is 0 Å². The molecule has 0 aromatic carbocycles. The highest BCUT2D eigenvalue weighted by Gasteiger charge is 2.18. The summed E-state index contributed by atoms with van der Waals surface area (Å²) in [5.41, 5.74) is 5.46. The highest BCUT2D eigenvalue weighted by atomic mass is 16.2. The lowest BCUT2D eigenvalue weighted by atomic mass is 10.3. The van der Waals surface area contributed by atoms with Gasteiger partial charge in [0, 0.05) is 14.1 Å². The standard InChI is InChI=1S/C7H13N5O/c1-4-5(13)10-7(12(2)3)11-6(8)9-4/h4H,1-3H3,(H3,8,9,10,11,13). The molecule has 1 amide bonds. The number of aliphatic imine (C=N–C) groups is 2. The van der Waals surface area contributed by atoms with Crippen molar-refractivity contribution in [1.29, 1.82) is 0 Å². The molecule has 6 nitrogen and oxygen atoms in total. The Hall–Kier alpha value is -1.59. The van der Waals surface area contributed by atoms with Crippen LogP contribution in [-0.4, -0.2) is 42.9 Å². The molecule has 3 N–H and O–H groups in total. The number of hydrogen-bond acceptors (Lipinski definition) is 5. The molecule has 1 rings (SSSR count). The zero-order valence-electron chi connectivity index (χ0n) is 7.90. The molecule has 0 aromatic heterocycles. The minimum Gasteiger partial charge on any atom is -0.368 e. The van der Waals surface area contributed by atoms with Crippen molar-refractivity contribution in [3.63, 3.8) is 0 Å². The van der Waals surface area contributed by atoms with Crippen molar-refractivity contribution < 1.29 is 4.79 Å². The van der Waals surface area contributed by atoms with E-state index in [1.807, 2.05) is 0 Å². The molecule has 0 bridgehead atoms. The quantitative estimate of drug-likeness (QED) is 0.491. The molecule has 1 atom stereocenters. The second-order valence-electron chi connectivity index (χ2n) is 2.98. The van der Waals surface area contributed by atoms with Gasteiger partial charge in [-0.1, -0.05) is 0 Å². The second kappa shape index (κ2) is 3.42. The summed E-state index contributed by atoms with van der Waals surface area (Å²) in [6, 6.07) is -0.485. The van der Waals surface area contributed by atoms with Crippen molar-refractivity contribution in [3.8, 4) is 0 Å². The molecule has 0 fully saturated rings. The number of nitrogens with two attached hydrogens (primary N) is 1. The maximum Gasteiger partial charge on any atom is 0.251 e. The average molecular weight is 183 g/mol. The molecule has 1 aliphatic heterocycles. The first kappa shape index (κ1) is 9.50. The lowest BCUT2D eigenvalue weighted by Gasteiger charge is -2.14. The molecular formula is C7H13N5O. The van der Waals surface area contributed by atoms with Crippen LogP contribution in [0.15, 0.2) is 9.98 Å². The van der Waals surface area contributed by atoms with Gasteiger partial charge < -0.3 is 10.6 Å². The van der Waals surface area contributed by atoms with E-state index in [0.717, 1.165) is 0 Å². The SMILES string of the molecule is CC1N=C(N)N=C(N(C)C)NC1=O. The molecule has 1 unspecified atom stereocenters. The zero-order chi connectivity index (χ0) is 10.0. The number of carbonyl (C=O) groups excluding carboxylic acids is 1. The van der Waals surface area contributed by atoms with Crippen LogP contribution in [0, 0.1) is 0 Å². The Morgan fingerprint density at radius 3 is 2.69 bits per heavy atom. The number of carbonyl (C=O) groups is 1. The minimum atomic E-state index is -0.485. The van der Waals surface area contributed by atoms with E-state index in [0.29, 0.717) is 5.96 Å². The molecule has 1 aliphatic rings. The molecule has 72 valence electrons. The summed E-state index contributed by atoms with van der Waals surface area (Å²) >= 11 is 0. The Bertz CT molecular complexity index is 281. The van der Waals surface area contributed by atoms with Crippen LogP contribution in [-0.2, 0) is 4.79 Å². The fraction of sp³-hybridized carbons (Fsp3) is 0.571. The number of hydrogen-bond donors (Lipinski definition) is 2. The Labute approximate surface area is 76.5 Å². The second-order valence-corrected chi connectivity index (χ2v) is 2.98. The Morgan fingerprint density at radius 1 is 1.54 bits per heavy atom. The van der Waals surface area contributed by atoms with E-state index in [2.05, 4.69) is 15.3 Å². The van der Waals surface area contributed by atoms with E-state index < -0.39 is 6.04 Å². The van der Waals surface area contributed by atoms with Gasteiger partial charge in [0.2, 0.25) is 11.9 Å². The van der Waals surface area contributed by atoms with Gasteiger partial charge in [0.25, 0.3) is 5.91 Å². The fourth-order valence-corrected chi connectivity index (χ4v) is 0.849. The Morgan fingerprint density at radius 2 is 2.15 bits per heavy atom. The van der Waals surface area contributed by atoms with Gasteiger partial charge in [-0.05, 0) is 6.92 Å². The van der Waals surface area contributed by atoms with Crippen LogP contribution in [0.5, 0.6) is 0 Å². The van der Waals surface area contributed by atoms with E-state index in [9.17, 15) is 4.79 Å². The van der Waals surface area contributed by atoms with Gasteiger partial charge in [0.1, 0.15) is 6.04 Å². The van der Waals surface area contributed by atoms with Crippen LogP contribution in [0.1, 0.15) is 6.92 Å². The summed E-state index contributed by atoms with van der Waals surface area (Å²) in [5.74, 6) is 0.332. The summed E-state index contributed by atoms with van der Waals surface area (Å²) in [5, 5.41) is 2.60. The lowest BCUT2D eigenvalue weighted by Crippen LogP contribution is -2.42. The summed E-state index contributed by atoms with van der Waals surface area (Å²) in [6.07, 6.45) is 0. The van der Waals surface area contributed by atoms with Crippen molar-refractivity contribution in [1.82, 2.24) is 10.2 Å². The van der Waals surface area contributed by atoms with Crippen molar-refractivity contribution in [2.75, 3.05) is 14.1 Å². The third-order valence-electron chi connectivity index (χ3n) is 1.58. The third kappa shape index (κ3) is 2.17. The Balaban J connectivity index is 2.93. The first-order chi connectivity index (χ1) is 6.00. The highest BCUT2D eigenvalue weighted by molar-refractivity contribution is 6.06. The molecular weight excluding hydrogens is 170 g/mol. The van der Waals surface area contributed by atoms with Crippen LogP contribution >= 0.6 is 0 Å². The van der Waals surface area contributed by atoms with E-state index in [4.69, 9.17) is 5.73 Å². The summed E-state index contributed by atoms with van der Waals surface area (Å²) in [7, 11) is 3.53. The van der Waals surface area contributed by atoms with Crippen molar-refractivity contribution in [2.24, 2.45) is 15.7 Å². The number of nitrogens with zero attached hydrogens (tertiary/aromatic N) is 3. The van der Waals surface area contributed by atoms with E-state index >= 15 is 0 Å². The maximum atomic E-state index is 11.3. The summed E-state index contributed by atoms with van der Waals surface area (Å²) < 4.78 is 0. The van der Waals surface area contributed by atoms with Crippen LogP contribution in [0.4, 0.5) is 0 Å². The van der Waals surface area contributed by atoms with Gasteiger partial charge in [-0.25, -0.2) is 4.99 Å². The maximum absolute atomic E-state index is 11.3. The average Bonchev–Trinajstić information content (AvgIpc) is 2.12. The van der Waals surface area contributed by atoms with Crippen molar-refractivity contribution in [3.05, 3.63) is 0 Å². The fourth-order valence-electron chi connectivity index (χ4n) is 0.849. The van der Waals surface area contributed by atoms with E-state index in [1.165, 1.54) is 0 Å². The highest BCUT2D eigenvalue weighted by Crippen LogP contribution is 1.96. The predicted octanol–water partition coefficient (Wildman–Crippen LogP) is -1.26. The Kier molecular flexibility index (Phi) is 2.50. The first-order valence-electron chi connectivity index (χ1n) is 3.91. The van der Waals surface area contributed by atoms with Gasteiger partial charge in [0.15, 0.2) is 0 Å². The number of guanidine groups is 2. The molecule has 0 saturated heterocycles. The van der Waals surface area contributed by atoms with Crippen LogP contribution < -0.4 is 11.1 Å². The van der Waals surface area contributed by atoms with Crippen molar-refractivity contribution in [2.45, 2.75) is 13.0 Å². The predicted molar refractivity (Wildman–Crippen MR) is 50.3 cm³/mol. The van der Waals surface area contributed by atoms with E-state index in [1.54, 1.807) is 25.9 Å². The molecule has 13 heavy (non-hydrogen) atoms. The first-order valence-corrected chi connectivity index (χ1v) is 3.91. The van der Waals surface area contributed by atoms with Gasteiger partial charge in [-0.3, -0.25) is 10.1 Å². The molecule has 6 heteroatoms. The normalized spacial score (nSPS) is 22.7. The third-order valence-corrected chi connectivity index (χ3v) is 1.58. The number of rotatable bonds is 0. The molecule has 0 aromatic rings. The van der Waals surface area contributed by atoms with E-state index in [-0.39, 0.29) is 11.9 Å². The van der Waals surface area contributed by atoms with Gasteiger partial charge in [0.05, 0.1) is 0 Å². The largest absolute Gasteiger partial charge is 0.368 e. The molecule has 0 aliphatic carbocycles. The topological polar surface area (TPSA) is 83.1 Å². The van der Waals surface area contributed by atoms with Crippen LogP contribution in [0.2, 0.25) is 0 Å². The molecule has 0 saturated carbocycles. The number of amides is 1. The van der Waals surface area contributed by atoms with Crippen LogP contribution in [0.3, 0.4) is 0 Å². The van der Waals surface area contributed by atoms with Gasteiger partial charge in [-0.15, -0.1) is 0 Å². The molecule has 0 radical (unpaired) electrons. The molecule has 1 heterocycles. The van der Waals surface area contributed by atoms with Crippen molar-refractivity contribution >= 4 is 17.8 Å². The molecule has 0 spiro atoms. The summed E-state index contributed by atoms with van der Waals surface area (Å²) in [4.78, 5) is 20.7. The zero-order valence-corrected chi connectivity index (χ0v) is 7.90. The summed E-state index contributed by atoms with van der Waals surface area (Å²) in [6.45, 7) is 1.66.